The van der Waals surface area contributed by atoms with Crippen LogP contribution >= 0.6 is 0 Å². The fourth-order valence-electron chi connectivity index (χ4n) is 1.79. The molecule has 5 heteroatoms. The van der Waals surface area contributed by atoms with Crippen molar-refractivity contribution in [3.8, 4) is 5.75 Å². The molecule has 0 spiro atoms. The fraction of sp³-hybridized carbons (Fsp3) is 0.462. The largest absolute Gasteiger partial charge is 0.497 e. The van der Waals surface area contributed by atoms with Gasteiger partial charge >= 0.3 is 0 Å². The van der Waals surface area contributed by atoms with Gasteiger partial charge in [-0.05, 0) is 17.7 Å². The summed E-state index contributed by atoms with van der Waals surface area (Å²) >= 11 is 0. The van der Waals surface area contributed by atoms with Crippen molar-refractivity contribution in [2.75, 3.05) is 26.9 Å². The van der Waals surface area contributed by atoms with Crippen molar-refractivity contribution in [1.29, 1.82) is 0 Å². The van der Waals surface area contributed by atoms with E-state index in [1.165, 1.54) is 0 Å². The van der Waals surface area contributed by atoms with E-state index >= 15 is 0 Å². The number of ether oxygens (including phenoxy) is 2. The van der Waals surface area contributed by atoms with Crippen molar-refractivity contribution in [1.82, 2.24) is 5.32 Å². The Labute approximate surface area is 106 Å². The van der Waals surface area contributed by atoms with Crippen LogP contribution in [0, 0.1) is 5.41 Å². The molecular weight excluding hydrogens is 234 g/mol. The average molecular weight is 251 g/mol. The van der Waals surface area contributed by atoms with E-state index in [1.807, 2.05) is 24.3 Å². The average Bonchev–Trinajstić information content (AvgIpc) is 2.36. The molecular formula is C13H17NO4. The van der Waals surface area contributed by atoms with Crippen molar-refractivity contribution in [2.45, 2.75) is 6.54 Å². The Morgan fingerprint density at radius 2 is 2.33 bits per heavy atom. The maximum Gasteiger partial charge on any atom is 0.233 e. The fourth-order valence-corrected chi connectivity index (χ4v) is 1.79. The SMILES string of the molecule is COc1cccc(CNC(=O)C2(CO)COC2)c1. The van der Waals surface area contributed by atoms with E-state index in [1.54, 1.807) is 7.11 Å². The zero-order valence-corrected chi connectivity index (χ0v) is 10.3. The second-order valence-electron chi connectivity index (χ2n) is 4.47. The lowest BCUT2D eigenvalue weighted by molar-refractivity contribution is -0.170. The van der Waals surface area contributed by atoms with Crippen molar-refractivity contribution < 1.29 is 19.4 Å². The van der Waals surface area contributed by atoms with Crippen LogP contribution < -0.4 is 10.1 Å². The standard InChI is InChI=1S/C13H17NO4/c1-17-11-4-2-3-10(5-11)6-14-12(16)13(7-15)8-18-9-13/h2-5,15H,6-9H2,1H3,(H,14,16). The summed E-state index contributed by atoms with van der Waals surface area (Å²) in [5, 5.41) is 12.0. The molecule has 1 amide bonds. The number of methoxy groups -OCH3 is 1. The molecule has 1 heterocycles. The highest BCUT2D eigenvalue weighted by atomic mass is 16.5. The van der Waals surface area contributed by atoms with Gasteiger partial charge < -0.3 is 19.9 Å². The molecule has 1 aliphatic heterocycles. The first-order chi connectivity index (χ1) is 8.70. The number of carbonyl (C=O) groups is 1. The Balaban J connectivity index is 1.92. The van der Waals surface area contributed by atoms with Gasteiger partial charge in [0.1, 0.15) is 11.2 Å². The molecule has 1 aliphatic rings. The molecule has 0 unspecified atom stereocenters. The maximum absolute atomic E-state index is 11.9. The van der Waals surface area contributed by atoms with E-state index in [4.69, 9.17) is 9.47 Å². The molecule has 1 aromatic rings. The van der Waals surface area contributed by atoms with Crippen LogP contribution in [0.1, 0.15) is 5.56 Å². The predicted molar refractivity (Wildman–Crippen MR) is 65.2 cm³/mol. The van der Waals surface area contributed by atoms with Gasteiger partial charge in [0.25, 0.3) is 0 Å². The molecule has 98 valence electrons. The molecule has 0 radical (unpaired) electrons. The number of aliphatic hydroxyl groups is 1. The first-order valence-corrected chi connectivity index (χ1v) is 5.80. The third kappa shape index (κ3) is 2.47. The smallest absolute Gasteiger partial charge is 0.233 e. The summed E-state index contributed by atoms with van der Waals surface area (Å²) in [6.45, 7) is 0.801. The monoisotopic (exact) mass is 251 g/mol. The molecule has 0 aliphatic carbocycles. The molecule has 1 aromatic carbocycles. The molecule has 2 N–H and O–H groups in total. The molecule has 1 fully saturated rings. The zero-order chi connectivity index (χ0) is 13.0. The number of amides is 1. The highest BCUT2D eigenvalue weighted by Crippen LogP contribution is 2.27. The lowest BCUT2D eigenvalue weighted by Crippen LogP contribution is -2.56. The maximum atomic E-state index is 11.9. The van der Waals surface area contributed by atoms with Crippen LogP contribution in [-0.2, 0) is 16.1 Å². The molecule has 0 aromatic heterocycles. The molecule has 18 heavy (non-hydrogen) atoms. The third-order valence-electron chi connectivity index (χ3n) is 3.13. The molecule has 0 atom stereocenters. The van der Waals surface area contributed by atoms with Gasteiger partial charge in [0.2, 0.25) is 5.91 Å². The second-order valence-corrected chi connectivity index (χ2v) is 4.47. The molecule has 0 bridgehead atoms. The van der Waals surface area contributed by atoms with E-state index in [0.717, 1.165) is 11.3 Å². The van der Waals surface area contributed by atoms with E-state index in [-0.39, 0.29) is 25.7 Å². The number of nitrogens with one attached hydrogen (secondary N) is 1. The van der Waals surface area contributed by atoms with Gasteiger partial charge in [0.05, 0.1) is 26.9 Å². The molecule has 5 nitrogen and oxygen atoms in total. The Bertz CT molecular complexity index is 423. The van der Waals surface area contributed by atoms with Crippen LogP contribution in [0.4, 0.5) is 0 Å². The highest BCUT2D eigenvalue weighted by Gasteiger charge is 2.45. The Kier molecular flexibility index (Phi) is 3.84. The summed E-state index contributed by atoms with van der Waals surface area (Å²) in [4.78, 5) is 11.9. The van der Waals surface area contributed by atoms with Gasteiger partial charge in [-0.3, -0.25) is 4.79 Å². The van der Waals surface area contributed by atoms with E-state index in [2.05, 4.69) is 5.32 Å². The van der Waals surface area contributed by atoms with Crippen LogP contribution in [0.5, 0.6) is 5.75 Å². The normalized spacial score (nSPS) is 16.8. The number of carbonyl (C=O) groups excluding carboxylic acids is 1. The Hall–Kier alpha value is -1.59. The second kappa shape index (κ2) is 5.37. The van der Waals surface area contributed by atoms with Crippen molar-refractivity contribution in [3.63, 3.8) is 0 Å². The van der Waals surface area contributed by atoms with Crippen LogP contribution in [-0.4, -0.2) is 37.9 Å². The van der Waals surface area contributed by atoms with Crippen molar-refractivity contribution >= 4 is 5.91 Å². The summed E-state index contributed by atoms with van der Waals surface area (Å²) in [6, 6.07) is 7.49. The summed E-state index contributed by atoms with van der Waals surface area (Å²) in [5.41, 5.74) is 0.204. The quantitative estimate of drug-likeness (QED) is 0.791. The number of benzene rings is 1. The molecule has 2 rings (SSSR count). The van der Waals surface area contributed by atoms with Crippen LogP contribution in [0.15, 0.2) is 24.3 Å². The minimum Gasteiger partial charge on any atom is -0.497 e. The van der Waals surface area contributed by atoms with Crippen molar-refractivity contribution in [3.05, 3.63) is 29.8 Å². The van der Waals surface area contributed by atoms with Gasteiger partial charge in [0.15, 0.2) is 0 Å². The van der Waals surface area contributed by atoms with E-state index in [0.29, 0.717) is 6.54 Å². The van der Waals surface area contributed by atoms with Crippen LogP contribution in [0.25, 0.3) is 0 Å². The zero-order valence-electron chi connectivity index (χ0n) is 10.3. The van der Waals surface area contributed by atoms with Crippen LogP contribution in [0.3, 0.4) is 0 Å². The summed E-state index contributed by atoms with van der Waals surface area (Å²) < 4.78 is 10.1. The number of aliphatic hydroxyl groups excluding tert-OH is 1. The lowest BCUT2D eigenvalue weighted by atomic mass is 9.86. The Morgan fingerprint density at radius 1 is 1.56 bits per heavy atom. The minimum atomic E-state index is -0.751. The number of rotatable bonds is 5. The number of hydrogen-bond donors (Lipinski definition) is 2. The topological polar surface area (TPSA) is 67.8 Å². The van der Waals surface area contributed by atoms with Crippen LogP contribution in [0.2, 0.25) is 0 Å². The summed E-state index contributed by atoms with van der Waals surface area (Å²) in [7, 11) is 1.60. The first kappa shape index (κ1) is 12.9. The van der Waals surface area contributed by atoms with Gasteiger partial charge in [-0.1, -0.05) is 12.1 Å². The van der Waals surface area contributed by atoms with Gasteiger partial charge in [-0.2, -0.15) is 0 Å². The highest BCUT2D eigenvalue weighted by molar-refractivity contribution is 5.83. The minimum absolute atomic E-state index is 0.168. The molecule has 0 saturated carbocycles. The Morgan fingerprint density at radius 3 is 2.89 bits per heavy atom. The summed E-state index contributed by atoms with van der Waals surface area (Å²) in [5.74, 6) is 0.588. The summed E-state index contributed by atoms with van der Waals surface area (Å²) in [6.07, 6.45) is 0. The lowest BCUT2D eigenvalue weighted by Gasteiger charge is -2.38. The van der Waals surface area contributed by atoms with Gasteiger partial charge in [-0.15, -0.1) is 0 Å². The van der Waals surface area contributed by atoms with E-state index in [9.17, 15) is 9.90 Å². The first-order valence-electron chi connectivity index (χ1n) is 5.80. The van der Waals surface area contributed by atoms with Gasteiger partial charge in [-0.25, -0.2) is 0 Å². The van der Waals surface area contributed by atoms with Crippen molar-refractivity contribution in [2.24, 2.45) is 5.41 Å². The third-order valence-corrected chi connectivity index (χ3v) is 3.13. The van der Waals surface area contributed by atoms with Gasteiger partial charge in [0, 0.05) is 6.54 Å². The molecule has 1 saturated heterocycles. The number of hydrogen-bond acceptors (Lipinski definition) is 4. The van der Waals surface area contributed by atoms with E-state index < -0.39 is 5.41 Å². The predicted octanol–water partition coefficient (Wildman–Crippen LogP) is 0.320.